The topological polar surface area (TPSA) is 27.8 Å². The summed E-state index contributed by atoms with van der Waals surface area (Å²) in [5, 5.41) is 5.31. The van der Waals surface area contributed by atoms with Gasteiger partial charge in [-0.3, -0.25) is 0 Å². The van der Waals surface area contributed by atoms with Crippen molar-refractivity contribution in [1.29, 1.82) is 0 Å². The lowest BCUT2D eigenvalue weighted by molar-refractivity contribution is 0.159. The Hall–Kier alpha value is -1.28. The molecule has 1 aromatic carbocycles. The number of aromatic amines is 1. The fraction of sp³-hybridized carbons (Fsp3) is 0.556. The molecule has 0 bridgehead atoms. The quantitative estimate of drug-likeness (QED) is 0.723. The molecule has 1 fully saturated rings. The molecule has 2 nitrogen and oxygen atoms in total. The Kier molecular flexibility index (Phi) is 2.56. The van der Waals surface area contributed by atoms with Crippen LogP contribution in [0.1, 0.15) is 63.3 Å². The Morgan fingerprint density at radius 1 is 1.20 bits per heavy atom. The van der Waals surface area contributed by atoms with Gasteiger partial charge >= 0.3 is 0 Å². The van der Waals surface area contributed by atoms with Gasteiger partial charge in [0.25, 0.3) is 0 Å². The summed E-state index contributed by atoms with van der Waals surface area (Å²) in [6.45, 7) is 7.13. The van der Waals surface area contributed by atoms with Crippen molar-refractivity contribution >= 4 is 10.9 Å². The molecule has 4 rings (SSSR count). The van der Waals surface area contributed by atoms with Crippen LogP contribution in [0.15, 0.2) is 24.3 Å². The molecule has 106 valence electrons. The Bertz CT molecular complexity index is 652. The number of hydrogen-bond donors (Lipinski definition) is 2. The second kappa shape index (κ2) is 4.11. The second-order valence-electron chi connectivity index (χ2n) is 7.51. The monoisotopic (exact) mass is 268 g/mol. The number of para-hydroxylation sites is 1. The smallest absolute Gasteiger partial charge is 0.0459 e. The number of H-pyrrole nitrogens is 1. The average molecular weight is 268 g/mol. The molecule has 0 amide bonds. The van der Waals surface area contributed by atoms with Crippen LogP contribution in [-0.4, -0.2) is 11.0 Å². The van der Waals surface area contributed by atoms with E-state index in [-0.39, 0.29) is 0 Å². The van der Waals surface area contributed by atoms with Crippen molar-refractivity contribution in [1.82, 2.24) is 10.3 Å². The molecule has 20 heavy (non-hydrogen) atoms. The molecule has 2 heterocycles. The number of hydrogen-bond acceptors (Lipinski definition) is 1. The molecule has 0 unspecified atom stereocenters. The lowest BCUT2D eigenvalue weighted by Gasteiger charge is -2.45. The van der Waals surface area contributed by atoms with E-state index >= 15 is 0 Å². The third-order valence-corrected chi connectivity index (χ3v) is 5.43. The largest absolute Gasteiger partial charge is 0.357 e. The Morgan fingerprint density at radius 3 is 2.85 bits per heavy atom. The Morgan fingerprint density at radius 2 is 2.00 bits per heavy atom. The highest BCUT2D eigenvalue weighted by molar-refractivity contribution is 5.85. The molecular weight excluding hydrogens is 244 g/mol. The zero-order valence-electron chi connectivity index (χ0n) is 12.7. The SMILES string of the molecule is C[C@H]1N[C@H]2CC(C)(C)CC[C@H]2c2c1[nH]c1ccccc21. The first-order valence-electron chi connectivity index (χ1n) is 7.92. The van der Waals surface area contributed by atoms with E-state index in [1.54, 1.807) is 5.56 Å². The van der Waals surface area contributed by atoms with Gasteiger partial charge in [-0.05, 0) is 43.2 Å². The van der Waals surface area contributed by atoms with Crippen LogP contribution in [0.25, 0.3) is 10.9 Å². The standard InChI is InChI=1S/C18H24N2/c1-11-17-16(12-6-4-5-7-14(12)20-17)13-8-9-18(2,3)10-15(13)19-11/h4-7,11,13,15,19-20H,8-10H2,1-3H3/t11-,13-,15+/m1/s1. The predicted octanol–water partition coefficient (Wildman–Crippen LogP) is 4.49. The second-order valence-corrected chi connectivity index (χ2v) is 7.51. The van der Waals surface area contributed by atoms with Crippen LogP contribution in [0, 0.1) is 5.41 Å². The fourth-order valence-corrected chi connectivity index (χ4v) is 4.44. The molecule has 1 saturated carbocycles. The summed E-state index contributed by atoms with van der Waals surface area (Å²) in [6, 6.07) is 9.88. The maximum atomic E-state index is 3.86. The van der Waals surface area contributed by atoms with E-state index in [9.17, 15) is 0 Å². The van der Waals surface area contributed by atoms with E-state index in [2.05, 4.69) is 55.3 Å². The van der Waals surface area contributed by atoms with Crippen LogP contribution in [0.4, 0.5) is 0 Å². The van der Waals surface area contributed by atoms with E-state index in [1.165, 1.54) is 35.9 Å². The van der Waals surface area contributed by atoms with Gasteiger partial charge < -0.3 is 10.3 Å². The van der Waals surface area contributed by atoms with Crippen molar-refractivity contribution in [2.75, 3.05) is 0 Å². The predicted molar refractivity (Wildman–Crippen MR) is 84.0 cm³/mol. The molecule has 1 aliphatic heterocycles. The summed E-state index contributed by atoms with van der Waals surface area (Å²) in [4.78, 5) is 3.66. The molecule has 2 N–H and O–H groups in total. The van der Waals surface area contributed by atoms with Gasteiger partial charge in [-0.25, -0.2) is 0 Å². The van der Waals surface area contributed by atoms with Gasteiger partial charge in [0.15, 0.2) is 0 Å². The third-order valence-electron chi connectivity index (χ3n) is 5.43. The first-order valence-corrected chi connectivity index (χ1v) is 7.92. The fourth-order valence-electron chi connectivity index (χ4n) is 4.44. The normalized spacial score (nSPS) is 31.9. The third kappa shape index (κ3) is 1.74. The minimum Gasteiger partial charge on any atom is -0.357 e. The van der Waals surface area contributed by atoms with Crippen LogP contribution < -0.4 is 5.32 Å². The summed E-state index contributed by atoms with van der Waals surface area (Å²) < 4.78 is 0. The van der Waals surface area contributed by atoms with Crippen LogP contribution in [0.3, 0.4) is 0 Å². The van der Waals surface area contributed by atoms with Gasteiger partial charge in [0.1, 0.15) is 0 Å². The minimum atomic E-state index is 0.438. The number of fused-ring (bicyclic) bond motifs is 5. The molecule has 2 aliphatic rings. The first-order chi connectivity index (χ1) is 9.55. The van der Waals surface area contributed by atoms with Crippen molar-refractivity contribution in [3.05, 3.63) is 35.5 Å². The first kappa shape index (κ1) is 12.5. The summed E-state index contributed by atoms with van der Waals surface area (Å²) in [7, 11) is 0. The number of aromatic nitrogens is 1. The van der Waals surface area contributed by atoms with E-state index in [4.69, 9.17) is 0 Å². The molecular formula is C18H24N2. The Labute approximate surface area is 121 Å². The Balaban J connectivity index is 1.86. The molecule has 1 aromatic heterocycles. The van der Waals surface area contributed by atoms with Crippen molar-refractivity contribution in [3.8, 4) is 0 Å². The maximum Gasteiger partial charge on any atom is 0.0459 e. The number of benzene rings is 1. The zero-order chi connectivity index (χ0) is 13.9. The van der Waals surface area contributed by atoms with Crippen molar-refractivity contribution in [2.24, 2.45) is 5.41 Å². The summed E-state index contributed by atoms with van der Waals surface area (Å²) >= 11 is 0. The van der Waals surface area contributed by atoms with Gasteiger partial charge in [-0.1, -0.05) is 32.0 Å². The van der Waals surface area contributed by atoms with Crippen LogP contribution in [0.2, 0.25) is 0 Å². The van der Waals surface area contributed by atoms with Gasteiger partial charge in [0.05, 0.1) is 0 Å². The lowest BCUT2D eigenvalue weighted by Crippen LogP contribution is -2.46. The van der Waals surface area contributed by atoms with Gasteiger partial charge in [-0.15, -0.1) is 0 Å². The minimum absolute atomic E-state index is 0.438. The zero-order valence-corrected chi connectivity index (χ0v) is 12.7. The van der Waals surface area contributed by atoms with Crippen LogP contribution in [-0.2, 0) is 0 Å². The average Bonchev–Trinajstić information content (AvgIpc) is 2.78. The molecule has 2 heteroatoms. The number of nitrogens with one attached hydrogen (secondary N) is 2. The van der Waals surface area contributed by atoms with Gasteiger partial charge in [-0.2, -0.15) is 0 Å². The highest BCUT2D eigenvalue weighted by Gasteiger charge is 2.41. The van der Waals surface area contributed by atoms with E-state index < -0.39 is 0 Å². The van der Waals surface area contributed by atoms with E-state index in [0.717, 1.165) is 0 Å². The lowest BCUT2D eigenvalue weighted by atomic mass is 9.66. The molecule has 0 saturated heterocycles. The summed E-state index contributed by atoms with van der Waals surface area (Å²) in [5.74, 6) is 0.686. The molecule has 0 radical (unpaired) electrons. The van der Waals surface area contributed by atoms with E-state index in [1.807, 2.05) is 0 Å². The summed E-state index contributed by atoms with van der Waals surface area (Å²) in [5.41, 5.74) is 4.81. The van der Waals surface area contributed by atoms with Crippen molar-refractivity contribution < 1.29 is 0 Å². The van der Waals surface area contributed by atoms with Crippen LogP contribution in [0.5, 0.6) is 0 Å². The highest BCUT2D eigenvalue weighted by atomic mass is 15.0. The van der Waals surface area contributed by atoms with Crippen molar-refractivity contribution in [2.45, 2.75) is 58.0 Å². The molecule has 3 atom stereocenters. The van der Waals surface area contributed by atoms with Gasteiger partial charge in [0, 0.05) is 34.6 Å². The van der Waals surface area contributed by atoms with E-state index in [0.29, 0.717) is 23.4 Å². The summed E-state index contributed by atoms with van der Waals surface area (Å²) in [6.07, 6.45) is 3.94. The molecule has 2 aromatic rings. The molecule has 0 spiro atoms. The highest BCUT2D eigenvalue weighted by Crippen LogP contribution is 2.49. The number of rotatable bonds is 0. The van der Waals surface area contributed by atoms with Crippen molar-refractivity contribution in [3.63, 3.8) is 0 Å². The van der Waals surface area contributed by atoms with Gasteiger partial charge in [0.2, 0.25) is 0 Å². The maximum absolute atomic E-state index is 3.86. The molecule has 1 aliphatic carbocycles. The van der Waals surface area contributed by atoms with Crippen LogP contribution >= 0.6 is 0 Å².